The maximum absolute atomic E-state index is 11.4. The number of nitrogens with one attached hydrogen (secondary N) is 1. The van der Waals surface area contributed by atoms with Gasteiger partial charge in [0, 0.05) is 24.1 Å². The first-order valence-corrected chi connectivity index (χ1v) is 6.67. The molecule has 1 amide bonds. The summed E-state index contributed by atoms with van der Waals surface area (Å²) >= 11 is 2.36. The van der Waals surface area contributed by atoms with Gasteiger partial charge in [-0.2, -0.15) is 0 Å². The first-order chi connectivity index (χ1) is 6.59. The predicted octanol–water partition coefficient (Wildman–Crippen LogP) is 1.27. The van der Waals surface area contributed by atoms with Crippen LogP contribution in [0.5, 0.6) is 0 Å². The van der Waals surface area contributed by atoms with E-state index < -0.39 is 0 Å². The third-order valence-electron chi connectivity index (χ3n) is 2.94. The van der Waals surface area contributed by atoms with Crippen LogP contribution in [-0.4, -0.2) is 41.4 Å². The highest BCUT2D eigenvalue weighted by molar-refractivity contribution is 14.1. The Hall–Kier alpha value is 0.160. The number of halogens is 1. The molecule has 1 unspecified atom stereocenters. The van der Waals surface area contributed by atoms with Crippen LogP contribution in [0, 0.1) is 5.41 Å². The van der Waals surface area contributed by atoms with Gasteiger partial charge in [0.05, 0.1) is 6.54 Å². The molecule has 1 fully saturated rings. The molecule has 4 heteroatoms. The van der Waals surface area contributed by atoms with Gasteiger partial charge >= 0.3 is 0 Å². The minimum Gasteiger partial charge on any atom is -0.354 e. The van der Waals surface area contributed by atoms with Crippen LogP contribution < -0.4 is 5.32 Å². The van der Waals surface area contributed by atoms with Crippen molar-refractivity contribution in [1.29, 1.82) is 0 Å². The number of hydrogen-bond acceptors (Lipinski definition) is 2. The van der Waals surface area contributed by atoms with E-state index in [9.17, 15) is 4.79 Å². The fraction of sp³-hybridized carbons (Fsp3) is 0.900. The molecular formula is C10H19IN2O. The van der Waals surface area contributed by atoms with Crippen molar-refractivity contribution in [2.75, 3.05) is 30.6 Å². The molecule has 1 aliphatic heterocycles. The number of hydrogen-bond donors (Lipinski definition) is 1. The Labute approximate surface area is 99.8 Å². The summed E-state index contributed by atoms with van der Waals surface area (Å²) in [7, 11) is 0. The van der Waals surface area contributed by atoms with Gasteiger partial charge in [0.1, 0.15) is 0 Å². The molecule has 0 bridgehead atoms. The molecular weight excluding hydrogens is 291 g/mol. The second-order valence-corrected chi connectivity index (χ2v) is 5.42. The van der Waals surface area contributed by atoms with E-state index in [0.717, 1.165) is 30.5 Å². The molecule has 0 spiro atoms. The van der Waals surface area contributed by atoms with Crippen LogP contribution in [0.2, 0.25) is 0 Å². The lowest BCUT2D eigenvalue weighted by Crippen LogP contribution is -2.37. The Morgan fingerprint density at radius 1 is 1.64 bits per heavy atom. The van der Waals surface area contributed by atoms with Crippen molar-refractivity contribution in [1.82, 2.24) is 10.2 Å². The average Bonchev–Trinajstić information content (AvgIpc) is 2.28. The molecule has 1 heterocycles. The van der Waals surface area contributed by atoms with E-state index in [1.165, 1.54) is 0 Å². The molecule has 0 aliphatic carbocycles. The first kappa shape index (κ1) is 12.2. The van der Waals surface area contributed by atoms with Gasteiger partial charge in [-0.3, -0.25) is 9.69 Å². The van der Waals surface area contributed by atoms with Gasteiger partial charge in [-0.05, 0) is 11.8 Å². The summed E-state index contributed by atoms with van der Waals surface area (Å²) in [5.74, 6) is 0.173. The highest BCUT2D eigenvalue weighted by Gasteiger charge is 2.29. The topological polar surface area (TPSA) is 32.3 Å². The van der Waals surface area contributed by atoms with E-state index in [4.69, 9.17) is 0 Å². The van der Waals surface area contributed by atoms with Gasteiger partial charge in [-0.15, -0.1) is 0 Å². The molecule has 82 valence electrons. The van der Waals surface area contributed by atoms with Crippen molar-refractivity contribution in [3.8, 4) is 0 Å². The molecule has 0 aromatic carbocycles. The standard InChI is InChI=1S/C10H19IN2O/c1-3-10(2)7-12-9(14)6-13(8-10)5-4-11/h3-8H2,1-2H3,(H,12,14). The smallest absolute Gasteiger partial charge is 0.234 e. The number of carbonyl (C=O) groups excluding carboxylic acids is 1. The predicted molar refractivity (Wildman–Crippen MR) is 66.7 cm³/mol. The summed E-state index contributed by atoms with van der Waals surface area (Å²) in [5, 5.41) is 2.99. The number of carbonyl (C=O) groups is 1. The van der Waals surface area contributed by atoms with Crippen molar-refractivity contribution < 1.29 is 4.79 Å². The molecule has 0 saturated carbocycles. The van der Waals surface area contributed by atoms with Crippen LogP contribution in [0.1, 0.15) is 20.3 Å². The summed E-state index contributed by atoms with van der Waals surface area (Å²) in [6.07, 6.45) is 1.12. The van der Waals surface area contributed by atoms with E-state index in [1.54, 1.807) is 0 Å². The normalized spacial score (nSPS) is 29.8. The van der Waals surface area contributed by atoms with Crippen molar-refractivity contribution in [2.24, 2.45) is 5.41 Å². The van der Waals surface area contributed by atoms with Crippen LogP contribution in [-0.2, 0) is 4.79 Å². The Bertz CT molecular complexity index is 210. The lowest BCUT2D eigenvalue weighted by atomic mass is 9.87. The molecule has 1 saturated heterocycles. The molecule has 14 heavy (non-hydrogen) atoms. The molecule has 1 N–H and O–H groups in total. The van der Waals surface area contributed by atoms with Crippen LogP contribution in [0.3, 0.4) is 0 Å². The Morgan fingerprint density at radius 2 is 2.36 bits per heavy atom. The van der Waals surface area contributed by atoms with Gasteiger partial charge in [0.15, 0.2) is 0 Å². The summed E-state index contributed by atoms with van der Waals surface area (Å²) in [6.45, 7) is 7.88. The zero-order chi connectivity index (χ0) is 10.6. The summed E-state index contributed by atoms with van der Waals surface area (Å²) in [6, 6.07) is 0. The monoisotopic (exact) mass is 310 g/mol. The second kappa shape index (κ2) is 5.30. The highest BCUT2D eigenvalue weighted by atomic mass is 127. The molecule has 1 atom stereocenters. The van der Waals surface area contributed by atoms with Gasteiger partial charge in [0.25, 0.3) is 0 Å². The quantitative estimate of drug-likeness (QED) is 0.629. The maximum atomic E-state index is 11.4. The molecule has 0 aromatic heterocycles. The van der Waals surface area contributed by atoms with E-state index in [2.05, 4.69) is 46.7 Å². The Kier molecular flexibility index (Phi) is 4.63. The van der Waals surface area contributed by atoms with E-state index in [1.807, 2.05) is 0 Å². The van der Waals surface area contributed by atoms with E-state index in [0.29, 0.717) is 6.54 Å². The van der Waals surface area contributed by atoms with E-state index >= 15 is 0 Å². The van der Waals surface area contributed by atoms with Crippen molar-refractivity contribution in [3.63, 3.8) is 0 Å². The number of alkyl halides is 1. The van der Waals surface area contributed by atoms with Gasteiger partial charge < -0.3 is 5.32 Å². The number of nitrogens with zero attached hydrogens (tertiary/aromatic N) is 1. The van der Waals surface area contributed by atoms with Crippen LogP contribution in [0.4, 0.5) is 0 Å². The molecule has 0 radical (unpaired) electrons. The lowest BCUT2D eigenvalue weighted by molar-refractivity contribution is -0.121. The lowest BCUT2D eigenvalue weighted by Gasteiger charge is -2.30. The molecule has 1 rings (SSSR count). The minimum absolute atomic E-state index is 0.173. The van der Waals surface area contributed by atoms with Crippen molar-refractivity contribution in [2.45, 2.75) is 20.3 Å². The maximum Gasteiger partial charge on any atom is 0.234 e. The van der Waals surface area contributed by atoms with Crippen LogP contribution in [0.25, 0.3) is 0 Å². The SMILES string of the molecule is CCC1(C)CNC(=O)CN(CCI)C1. The molecule has 0 aromatic rings. The number of amides is 1. The zero-order valence-corrected chi connectivity index (χ0v) is 11.1. The van der Waals surface area contributed by atoms with Gasteiger partial charge in [-0.1, -0.05) is 36.4 Å². The summed E-state index contributed by atoms with van der Waals surface area (Å²) < 4.78 is 1.09. The fourth-order valence-corrected chi connectivity index (χ4v) is 2.42. The highest BCUT2D eigenvalue weighted by Crippen LogP contribution is 2.23. The van der Waals surface area contributed by atoms with Gasteiger partial charge in [0.2, 0.25) is 5.91 Å². The third kappa shape index (κ3) is 3.38. The summed E-state index contributed by atoms with van der Waals surface area (Å²) in [5.41, 5.74) is 0.248. The fourth-order valence-electron chi connectivity index (χ4n) is 1.74. The van der Waals surface area contributed by atoms with Crippen molar-refractivity contribution >= 4 is 28.5 Å². The Morgan fingerprint density at radius 3 is 2.93 bits per heavy atom. The Balaban J connectivity index is 2.63. The average molecular weight is 310 g/mol. The molecule has 3 nitrogen and oxygen atoms in total. The van der Waals surface area contributed by atoms with Crippen molar-refractivity contribution in [3.05, 3.63) is 0 Å². The number of rotatable bonds is 3. The second-order valence-electron chi connectivity index (χ2n) is 4.34. The van der Waals surface area contributed by atoms with Crippen LogP contribution >= 0.6 is 22.6 Å². The van der Waals surface area contributed by atoms with Gasteiger partial charge in [-0.25, -0.2) is 0 Å². The van der Waals surface area contributed by atoms with Crippen LogP contribution in [0.15, 0.2) is 0 Å². The van der Waals surface area contributed by atoms with E-state index in [-0.39, 0.29) is 11.3 Å². The summed E-state index contributed by atoms with van der Waals surface area (Å²) in [4.78, 5) is 13.7. The first-order valence-electron chi connectivity index (χ1n) is 5.14. The zero-order valence-electron chi connectivity index (χ0n) is 8.98. The largest absolute Gasteiger partial charge is 0.354 e. The third-order valence-corrected chi connectivity index (χ3v) is 3.42. The minimum atomic E-state index is 0.173. The molecule has 1 aliphatic rings.